The topological polar surface area (TPSA) is 72.6 Å². The van der Waals surface area contributed by atoms with Gasteiger partial charge in [0.1, 0.15) is 5.52 Å². The lowest BCUT2D eigenvalue weighted by molar-refractivity contribution is 0.296. The summed E-state index contributed by atoms with van der Waals surface area (Å²) >= 11 is 0. The van der Waals surface area contributed by atoms with Crippen molar-refractivity contribution in [1.82, 2.24) is 14.5 Å². The Kier molecular flexibility index (Phi) is 4.58. The number of anilines is 1. The summed E-state index contributed by atoms with van der Waals surface area (Å²) in [5.74, 6) is 1.29. The van der Waals surface area contributed by atoms with Crippen LogP contribution in [-0.4, -0.2) is 34.0 Å². The number of benzene rings is 2. The smallest absolute Gasteiger partial charge is 0.162 e. The van der Waals surface area contributed by atoms with E-state index in [1.165, 1.54) is 6.20 Å². The summed E-state index contributed by atoms with van der Waals surface area (Å²) in [5, 5.41) is 11.6. The molecule has 1 N–H and O–H groups in total. The highest BCUT2D eigenvalue weighted by atomic mass is 16.5. The van der Waals surface area contributed by atoms with Gasteiger partial charge < -0.3 is 14.0 Å². The van der Waals surface area contributed by atoms with E-state index in [1.54, 1.807) is 26.7 Å². The molecule has 0 saturated carbocycles. The van der Waals surface area contributed by atoms with E-state index in [-0.39, 0.29) is 0 Å². The molecule has 0 aliphatic carbocycles. The zero-order valence-corrected chi connectivity index (χ0v) is 15.7. The fraction of sp³-hybridized carbons (Fsp3) is 0.143. The van der Waals surface area contributed by atoms with Gasteiger partial charge in [-0.05, 0) is 23.8 Å². The second-order valence-corrected chi connectivity index (χ2v) is 6.28. The largest absolute Gasteiger partial charge is 0.493 e. The third kappa shape index (κ3) is 3.01. The maximum Gasteiger partial charge on any atom is 0.162 e. The predicted molar refractivity (Wildman–Crippen MR) is 108 cm³/mol. The van der Waals surface area contributed by atoms with Crippen LogP contribution >= 0.6 is 0 Å². The summed E-state index contributed by atoms with van der Waals surface area (Å²) < 4.78 is 12.9. The molecule has 4 rings (SSSR count). The van der Waals surface area contributed by atoms with Gasteiger partial charge in [0.15, 0.2) is 11.5 Å². The number of aromatic nitrogens is 3. The number of rotatable bonds is 6. The molecule has 28 heavy (non-hydrogen) atoms. The Morgan fingerprint density at radius 1 is 1.07 bits per heavy atom. The van der Waals surface area contributed by atoms with E-state index in [0.717, 1.165) is 32.6 Å². The first-order chi connectivity index (χ1) is 13.6. The molecule has 0 radical (unpaired) electrons. The monoisotopic (exact) mass is 376 g/mol. The number of fused-ring (bicyclic) bond motifs is 3. The fourth-order valence-corrected chi connectivity index (χ4v) is 3.26. The van der Waals surface area contributed by atoms with Crippen LogP contribution in [0.3, 0.4) is 0 Å². The first-order valence-corrected chi connectivity index (χ1v) is 8.69. The van der Waals surface area contributed by atoms with Crippen LogP contribution in [0, 0.1) is 0 Å². The lowest BCUT2D eigenvalue weighted by atomic mass is 10.1. The van der Waals surface area contributed by atoms with Crippen molar-refractivity contribution in [2.75, 3.05) is 19.3 Å². The standard InChI is InChI=1S/C21H20N4O3/c1-4-25(26)15-7-5-14(6-8-15)12-24-13-23-18-11-22-17-10-20(28-3)19(27-2)9-16(17)21(18)24/h4-11,13,26H,1,12H2,2-3H3. The molecular formula is C21H20N4O3. The van der Waals surface area contributed by atoms with Gasteiger partial charge >= 0.3 is 0 Å². The average molecular weight is 376 g/mol. The van der Waals surface area contributed by atoms with Crippen molar-refractivity contribution >= 4 is 27.6 Å². The van der Waals surface area contributed by atoms with E-state index in [0.29, 0.717) is 23.7 Å². The minimum Gasteiger partial charge on any atom is -0.493 e. The van der Waals surface area contributed by atoms with Gasteiger partial charge in [0.05, 0.1) is 43.5 Å². The molecule has 142 valence electrons. The predicted octanol–water partition coefficient (Wildman–Crippen LogP) is 3.99. The van der Waals surface area contributed by atoms with Crippen molar-refractivity contribution in [2.24, 2.45) is 0 Å². The van der Waals surface area contributed by atoms with Crippen LogP contribution in [0.15, 0.2) is 61.7 Å². The average Bonchev–Trinajstić information content (AvgIpc) is 3.15. The van der Waals surface area contributed by atoms with E-state index in [1.807, 2.05) is 36.4 Å². The number of imidazole rings is 1. The first kappa shape index (κ1) is 17.8. The lowest BCUT2D eigenvalue weighted by Gasteiger charge is -2.13. The Labute approximate surface area is 162 Å². The summed E-state index contributed by atoms with van der Waals surface area (Å²) in [5.41, 5.74) is 4.32. The van der Waals surface area contributed by atoms with Crippen molar-refractivity contribution < 1.29 is 14.7 Å². The number of ether oxygens (including phenoxy) is 2. The number of nitrogens with zero attached hydrogens (tertiary/aromatic N) is 4. The maximum atomic E-state index is 9.70. The van der Waals surface area contributed by atoms with Gasteiger partial charge in [-0.2, -0.15) is 0 Å². The number of pyridine rings is 1. The highest BCUT2D eigenvalue weighted by molar-refractivity contribution is 6.03. The lowest BCUT2D eigenvalue weighted by Crippen LogP contribution is -2.08. The molecule has 7 heteroatoms. The molecule has 0 bridgehead atoms. The summed E-state index contributed by atoms with van der Waals surface area (Å²) in [6.07, 6.45) is 4.91. The molecule has 0 spiro atoms. The van der Waals surface area contributed by atoms with E-state index in [9.17, 15) is 5.21 Å². The van der Waals surface area contributed by atoms with Crippen LogP contribution in [0.25, 0.3) is 21.9 Å². The Balaban J connectivity index is 1.79. The van der Waals surface area contributed by atoms with E-state index < -0.39 is 0 Å². The van der Waals surface area contributed by atoms with Crippen molar-refractivity contribution in [3.63, 3.8) is 0 Å². The molecule has 0 saturated heterocycles. The number of hydrogen-bond acceptors (Lipinski definition) is 6. The van der Waals surface area contributed by atoms with E-state index in [2.05, 4.69) is 21.1 Å². The van der Waals surface area contributed by atoms with Gasteiger partial charge in [-0.15, -0.1) is 0 Å². The molecule has 7 nitrogen and oxygen atoms in total. The van der Waals surface area contributed by atoms with Crippen LogP contribution in [-0.2, 0) is 6.54 Å². The zero-order chi connectivity index (χ0) is 19.7. The molecule has 0 aliphatic heterocycles. The molecule has 0 aliphatic rings. The zero-order valence-electron chi connectivity index (χ0n) is 15.7. The van der Waals surface area contributed by atoms with Crippen LogP contribution in [0.1, 0.15) is 5.56 Å². The van der Waals surface area contributed by atoms with Gasteiger partial charge in [0, 0.05) is 24.2 Å². The number of hydroxylamine groups is 1. The quantitative estimate of drug-likeness (QED) is 0.513. The molecule has 0 amide bonds. The molecule has 0 fully saturated rings. The number of methoxy groups -OCH3 is 2. The Bertz CT molecular complexity index is 1150. The molecule has 2 aromatic heterocycles. The first-order valence-electron chi connectivity index (χ1n) is 8.69. The van der Waals surface area contributed by atoms with Crippen molar-refractivity contribution in [3.05, 3.63) is 67.3 Å². The summed E-state index contributed by atoms with van der Waals surface area (Å²) in [7, 11) is 3.22. The van der Waals surface area contributed by atoms with Gasteiger partial charge in [0.25, 0.3) is 0 Å². The van der Waals surface area contributed by atoms with Gasteiger partial charge in [-0.1, -0.05) is 18.7 Å². The van der Waals surface area contributed by atoms with Crippen molar-refractivity contribution in [1.29, 1.82) is 0 Å². The minimum atomic E-state index is 0.629. The van der Waals surface area contributed by atoms with Gasteiger partial charge in [-0.25, -0.2) is 10.0 Å². The van der Waals surface area contributed by atoms with Gasteiger partial charge in [0.2, 0.25) is 0 Å². The van der Waals surface area contributed by atoms with Crippen LogP contribution < -0.4 is 14.5 Å². The SMILES string of the molecule is C=CN(O)c1ccc(Cn2cnc3cnc4cc(OC)c(OC)cc4c32)cc1. The van der Waals surface area contributed by atoms with Crippen LogP contribution in [0.5, 0.6) is 11.5 Å². The highest BCUT2D eigenvalue weighted by Gasteiger charge is 2.13. The molecule has 2 heterocycles. The summed E-state index contributed by atoms with van der Waals surface area (Å²) in [4.78, 5) is 8.99. The van der Waals surface area contributed by atoms with Crippen molar-refractivity contribution in [2.45, 2.75) is 6.54 Å². The van der Waals surface area contributed by atoms with E-state index >= 15 is 0 Å². The fourth-order valence-electron chi connectivity index (χ4n) is 3.26. The molecule has 2 aromatic carbocycles. The van der Waals surface area contributed by atoms with Gasteiger partial charge in [-0.3, -0.25) is 10.2 Å². The Morgan fingerprint density at radius 2 is 1.79 bits per heavy atom. The molecule has 4 aromatic rings. The minimum absolute atomic E-state index is 0.629. The molecule has 0 unspecified atom stereocenters. The van der Waals surface area contributed by atoms with E-state index in [4.69, 9.17) is 9.47 Å². The number of hydrogen-bond donors (Lipinski definition) is 1. The second kappa shape index (κ2) is 7.21. The van der Waals surface area contributed by atoms with Crippen LogP contribution in [0.2, 0.25) is 0 Å². The van der Waals surface area contributed by atoms with Crippen LogP contribution in [0.4, 0.5) is 5.69 Å². The Morgan fingerprint density at radius 3 is 2.46 bits per heavy atom. The summed E-state index contributed by atoms with van der Waals surface area (Å²) in [6, 6.07) is 11.4. The Hall–Kier alpha value is -3.58. The third-order valence-electron chi connectivity index (χ3n) is 4.68. The highest BCUT2D eigenvalue weighted by Crippen LogP contribution is 2.34. The molecular weight excluding hydrogens is 356 g/mol. The summed E-state index contributed by atoms with van der Waals surface area (Å²) in [6.45, 7) is 4.18. The molecule has 0 atom stereocenters. The normalized spacial score (nSPS) is 11.0. The second-order valence-electron chi connectivity index (χ2n) is 6.28. The third-order valence-corrected chi connectivity index (χ3v) is 4.68. The maximum absolute atomic E-state index is 9.70. The van der Waals surface area contributed by atoms with Crippen molar-refractivity contribution in [3.8, 4) is 11.5 Å².